The molecule has 3 aliphatic carbocycles. The second-order valence-corrected chi connectivity index (χ2v) is 6.71. The van der Waals surface area contributed by atoms with Gasteiger partial charge >= 0.3 is 0 Å². The Bertz CT molecular complexity index is 618. The summed E-state index contributed by atoms with van der Waals surface area (Å²) in [5.74, 6) is 1.68. The van der Waals surface area contributed by atoms with Gasteiger partial charge in [0, 0.05) is 5.41 Å². The number of hydrogen-bond acceptors (Lipinski definition) is 0. The third-order valence-electron chi connectivity index (χ3n) is 6.17. The molecule has 2 bridgehead atoms. The van der Waals surface area contributed by atoms with Crippen LogP contribution in [0.4, 0.5) is 0 Å². The first-order valence-corrected chi connectivity index (χ1v) is 7.94. The van der Waals surface area contributed by atoms with Crippen molar-refractivity contribution >= 4 is 0 Å². The highest BCUT2D eigenvalue weighted by Crippen LogP contribution is 2.65. The largest absolute Gasteiger partial charge is 0.0537 e. The quantitative estimate of drug-likeness (QED) is 0.639. The van der Waals surface area contributed by atoms with Gasteiger partial charge in [0.25, 0.3) is 0 Å². The third kappa shape index (κ3) is 1.11. The summed E-state index contributed by atoms with van der Waals surface area (Å²) in [4.78, 5) is 0. The van der Waals surface area contributed by atoms with Crippen molar-refractivity contribution in [1.82, 2.24) is 0 Å². The van der Waals surface area contributed by atoms with Crippen molar-refractivity contribution in [2.75, 3.05) is 0 Å². The maximum atomic E-state index is 3.36. The zero-order valence-electron chi connectivity index (χ0n) is 11.7. The van der Waals surface area contributed by atoms with Crippen LogP contribution in [0.5, 0.6) is 0 Å². The summed E-state index contributed by atoms with van der Waals surface area (Å²) in [6, 6.07) is 20.0. The summed E-state index contributed by atoms with van der Waals surface area (Å²) in [7, 11) is 0. The minimum Gasteiger partial charge on any atom is -0.0537 e. The Kier molecular flexibility index (Phi) is 2.09. The first kappa shape index (κ1) is 11.1. The molecule has 1 spiro atoms. The molecule has 0 heterocycles. The second kappa shape index (κ2) is 3.75. The Morgan fingerprint density at radius 1 is 0.800 bits per heavy atom. The molecule has 0 saturated heterocycles. The lowest BCUT2D eigenvalue weighted by Crippen LogP contribution is -2.39. The maximum Gasteiger partial charge on any atom is 0.0271 e. The lowest BCUT2D eigenvalue weighted by atomic mass is 9.60. The number of rotatable bonds is 0. The summed E-state index contributed by atoms with van der Waals surface area (Å²) < 4.78 is 0. The summed E-state index contributed by atoms with van der Waals surface area (Å²) in [5, 5.41) is 0. The van der Waals surface area contributed by atoms with E-state index < -0.39 is 0 Å². The van der Waals surface area contributed by atoms with Gasteiger partial charge in [0.05, 0.1) is 0 Å². The molecule has 3 aliphatic rings. The van der Waals surface area contributed by atoms with E-state index in [4.69, 9.17) is 0 Å². The third-order valence-corrected chi connectivity index (χ3v) is 6.17. The van der Waals surface area contributed by atoms with Crippen molar-refractivity contribution in [3.05, 3.63) is 59.7 Å². The number of fused-ring (bicyclic) bond motifs is 3. The summed E-state index contributed by atoms with van der Waals surface area (Å²) in [5.41, 5.74) is 6.38. The Morgan fingerprint density at radius 2 is 1.35 bits per heavy atom. The number of hydrogen-bond donors (Lipinski definition) is 0. The van der Waals surface area contributed by atoms with E-state index in [1.807, 2.05) is 0 Å². The van der Waals surface area contributed by atoms with Gasteiger partial charge in [0.15, 0.2) is 0 Å². The van der Waals surface area contributed by atoms with Gasteiger partial charge in [-0.2, -0.15) is 0 Å². The van der Waals surface area contributed by atoms with E-state index in [1.54, 1.807) is 11.1 Å². The summed E-state index contributed by atoms with van der Waals surface area (Å²) >= 11 is 0. The van der Waals surface area contributed by atoms with Gasteiger partial charge in [-0.05, 0) is 84.0 Å². The molecule has 20 heavy (non-hydrogen) atoms. The van der Waals surface area contributed by atoms with Crippen LogP contribution in [-0.4, -0.2) is 0 Å². The van der Waals surface area contributed by atoms with Gasteiger partial charge in [0.2, 0.25) is 0 Å². The van der Waals surface area contributed by atoms with Crippen molar-refractivity contribution in [1.29, 1.82) is 0 Å². The molecule has 0 amide bonds. The van der Waals surface area contributed by atoms with E-state index in [9.17, 15) is 0 Å². The smallest absolute Gasteiger partial charge is 0.0271 e. The minimum atomic E-state index is 0.304. The fourth-order valence-corrected chi connectivity index (χ4v) is 5.59. The molecule has 98 valence electrons. The Hall–Kier alpha value is -1.56. The highest BCUT2D eigenvalue weighted by atomic mass is 14.6. The van der Waals surface area contributed by atoms with Crippen LogP contribution in [0, 0.1) is 24.0 Å². The van der Waals surface area contributed by atoms with Crippen molar-refractivity contribution in [2.24, 2.45) is 11.8 Å². The average Bonchev–Trinajstić information content (AvgIpc) is 2.88. The minimum absolute atomic E-state index is 0.304. The molecule has 0 aliphatic heterocycles. The Morgan fingerprint density at radius 3 is 1.90 bits per heavy atom. The molecule has 5 rings (SSSR count). The SMILES string of the molecule is [c]1ccc2c(c1)C1(c3c[c]ccc3-2)C2CCCC1CC2. The first-order chi connectivity index (χ1) is 9.92. The summed E-state index contributed by atoms with van der Waals surface area (Å²) in [6.45, 7) is 0. The Labute approximate surface area is 120 Å². The van der Waals surface area contributed by atoms with Gasteiger partial charge in [-0.15, -0.1) is 0 Å². The van der Waals surface area contributed by atoms with Crippen molar-refractivity contribution in [3.63, 3.8) is 0 Å². The predicted octanol–water partition coefficient (Wildman–Crippen LogP) is 4.76. The molecular formula is C20H18. The van der Waals surface area contributed by atoms with Gasteiger partial charge < -0.3 is 0 Å². The molecule has 2 fully saturated rings. The second-order valence-electron chi connectivity index (χ2n) is 6.71. The van der Waals surface area contributed by atoms with Crippen LogP contribution < -0.4 is 0 Å². The first-order valence-electron chi connectivity index (χ1n) is 7.94. The van der Waals surface area contributed by atoms with Crippen LogP contribution in [0.25, 0.3) is 11.1 Å². The Balaban J connectivity index is 1.89. The molecule has 2 unspecified atom stereocenters. The van der Waals surface area contributed by atoms with Crippen LogP contribution in [0.2, 0.25) is 0 Å². The van der Waals surface area contributed by atoms with Crippen molar-refractivity contribution in [3.8, 4) is 11.1 Å². The highest BCUT2D eigenvalue weighted by Gasteiger charge is 2.57. The van der Waals surface area contributed by atoms with Crippen LogP contribution in [0.3, 0.4) is 0 Å². The van der Waals surface area contributed by atoms with Crippen molar-refractivity contribution < 1.29 is 0 Å². The molecule has 0 aromatic heterocycles. The van der Waals surface area contributed by atoms with E-state index in [-0.39, 0.29) is 0 Å². The monoisotopic (exact) mass is 258 g/mol. The lowest BCUT2D eigenvalue weighted by molar-refractivity contribution is 0.221. The van der Waals surface area contributed by atoms with Crippen molar-refractivity contribution in [2.45, 2.75) is 37.5 Å². The standard InChI is InChI=1S/C20H18/c1-3-10-18-16(8-1)17-9-2-4-11-19(17)20(18)14-6-5-7-15(20)13-12-14/h1-2,8-11,14-15H,5-7,12-13H2. The normalized spacial score (nSPS) is 28.4. The fourth-order valence-electron chi connectivity index (χ4n) is 5.59. The zero-order valence-corrected chi connectivity index (χ0v) is 11.7. The van der Waals surface area contributed by atoms with Crippen LogP contribution >= 0.6 is 0 Å². The molecule has 2 radical (unpaired) electrons. The zero-order chi connectivity index (χ0) is 13.2. The molecule has 2 aromatic carbocycles. The molecule has 0 nitrogen and oxygen atoms in total. The van der Waals surface area contributed by atoms with Crippen LogP contribution in [0.1, 0.15) is 43.2 Å². The highest BCUT2D eigenvalue weighted by molar-refractivity contribution is 5.81. The van der Waals surface area contributed by atoms with E-state index in [0.717, 1.165) is 11.8 Å². The van der Waals surface area contributed by atoms with Crippen LogP contribution in [-0.2, 0) is 5.41 Å². The average molecular weight is 258 g/mol. The van der Waals surface area contributed by atoms with Gasteiger partial charge in [-0.25, -0.2) is 0 Å². The topological polar surface area (TPSA) is 0 Å². The van der Waals surface area contributed by atoms with E-state index >= 15 is 0 Å². The van der Waals surface area contributed by atoms with E-state index in [2.05, 4.69) is 48.5 Å². The number of benzene rings is 2. The molecular weight excluding hydrogens is 240 g/mol. The fraction of sp³-hybridized carbons (Fsp3) is 0.400. The predicted molar refractivity (Wildman–Crippen MR) is 80.4 cm³/mol. The van der Waals surface area contributed by atoms with E-state index in [1.165, 1.54) is 43.2 Å². The lowest BCUT2D eigenvalue weighted by Gasteiger charge is -2.43. The van der Waals surface area contributed by atoms with Gasteiger partial charge in [-0.3, -0.25) is 0 Å². The molecule has 2 atom stereocenters. The molecule has 0 N–H and O–H groups in total. The van der Waals surface area contributed by atoms with E-state index in [0.29, 0.717) is 5.41 Å². The molecule has 0 heteroatoms. The van der Waals surface area contributed by atoms with Crippen LogP contribution in [0.15, 0.2) is 36.4 Å². The maximum absolute atomic E-state index is 3.36. The molecule has 2 aromatic rings. The van der Waals surface area contributed by atoms with Gasteiger partial charge in [-0.1, -0.05) is 30.7 Å². The van der Waals surface area contributed by atoms with Gasteiger partial charge in [0.1, 0.15) is 0 Å². The summed E-state index contributed by atoms with van der Waals surface area (Å²) in [6.07, 6.45) is 7.05. The molecule has 2 saturated carbocycles.